The number of nitrogens with zero attached hydrogens (tertiary/aromatic N) is 1. The topological polar surface area (TPSA) is 64.1 Å². The van der Waals surface area contributed by atoms with Crippen LogP contribution in [-0.2, 0) is 16.1 Å². The summed E-state index contributed by atoms with van der Waals surface area (Å²) in [6, 6.07) is 7.96. The van der Waals surface area contributed by atoms with E-state index in [0.29, 0.717) is 13.2 Å². The Kier molecular flexibility index (Phi) is 10.7. The number of ether oxygens (including phenoxy) is 3. The fourth-order valence-electron chi connectivity index (χ4n) is 2.53. The molecule has 1 aromatic rings. The van der Waals surface area contributed by atoms with E-state index in [1.54, 1.807) is 7.11 Å². The Morgan fingerprint density at radius 1 is 1.07 bits per heavy atom. The molecule has 6 nitrogen and oxygen atoms in total. The summed E-state index contributed by atoms with van der Waals surface area (Å²) in [4.78, 5) is 4.59. The lowest BCUT2D eigenvalue weighted by atomic mass is 10.2. The van der Waals surface area contributed by atoms with Crippen molar-refractivity contribution < 1.29 is 14.2 Å². The average Bonchev–Trinajstić information content (AvgIpc) is 3.52. The molecule has 1 saturated carbocycles. The molecule has 0 spiro atoms. The largest absolute Gasteiger partial charge is 0.497 e. The van der Waals surface area contributed by atoms with Crippen LogP contribution < -0.4 is 15.4 Å². The van der Waals surface area contributed by atoms with Crippen LogP contribution in [0.5, 0.6) is 5.75 Å². The van der Waals surface area contributed by atoms with E-state index in [1.807, 2.05) is 24.3 Å². The van der Waals surface area contributed by atoms with Gasteiger partial charge in [-0.05, 0) is 56.2 Å². The molecule has 152 valence electrons. The fraction of sp³-hybridized carbons (Fsp3) is 0.667. The molecule has 0 saturated heterocycles. The summed E-state index contributed by atoms with van der Waals surface area (Å²) in [6.45, 7) is 7.64. The predicted molar refractivity (Wildman–Crippen MR) is 109 cm³/mol. The van der Waals surface area contributed by atoms with E-state index in [0.717, 1.165) is 68.9 Å². The highest BCUT2D eigenvalue weighted by atomic mass is 16.5. The second-order valence-electron chi connectivity index (χ2n) is 6.81. The molecular weight excluding hydrogens is 342 g/mol. The summed E-state index contributed by atoms with van der Waals surface area (Å²) in [5, 5.41) is 6.63. The molecule has 1 aliphatic carbocycles. The van der Waals surface area contributed by atoms with Crippen molar-refractivity contribution in [2.45, 2.75) is 39.2 Å². The minimum atomic E-state index is 0.618. The first-order valence-corrected chi connectivity index (χ1v) is 10.1. The van der Waals surface area contributed by atoms with Crippen LogP contribution >= 0.6 is 0 Å². The number of hydrogen-bond acceptors (Lipinski definition) is 4. The molecule has 2 N–H and O–H groups in total. The molecule has 0 radical (unpaired) electrons. The van der Waals surface area contributed by atoms with Crippen LogP contribution in [0.3, 0.4) is 0 Å². The van der Waals surface area contributed by atoms with Gasteiger partial charge in [-0.3, -0.25) is 4.99 Å². The number of guanidine groups is 1. The number of benzene rings is 1. The van der Waals surface area contributed by atoms with Crippen LogP contribution in [0.1, 0.15) is 38.2 Å². The summed E-state index contributed by atoms with van der Waals surface area (Å²) < 4.78 is 16.5. The minimum absolute atomic E-state index is 0.618. The average molecular weight is 378 g/mol. The van der Waals surface area contributed by atoms with Gasteiger partial charge in [0.15, 0.2) is 5.96 Å². The first-order chi connectivity index (χ1) is 13.3. The van der Waals surface area contributed by atoms with Gasteiger partial charge in [0.1, 0.15) is 5.75 Å². The van der Waals surface area contributed by atoms with E-state index in [1.165, 1.54) is 12.8 Å². The van der Waals surface area contributed by atoms with Gasteiger partial charge in [-0.2, -0.15) is 0 Å². The zero-order valence-electron chi connectivity index (χ0n) is 16.8. The van der Waals surface area contributed by atoms with Crippen molar-refractivity contribution in [1.82, 2.24) is 10.6 Å². The third-order valence-electron chi connectivity index (χ3n) is 4.30. The van der Waals surface area contributed by atoms with E-state index in [-0.39, 0.29) is 0 Å². The summed E-state index contributed by atoms with van der Waals surface area (Å²) >= 11 is 0. The Morgan fingerprint density at radius 3 is 2.56 bits per heavy atom. The lowest BCUT2D eigenvalue weighted by Crippen LogP contribution is -2.38. The van der Waals surface area contributed by atoms with E-state index >= 15 is 0 Å². The summed E-state index contributed by atoms with van der Waals surface area (Å²) in [7, 11) is 1.67. The molecule has 1 aliphatic rings. The summed E-state index contributed by atoms with van der Waals surface area (Å²) in [5.74, 6) is 2.57. The standard InChI is InChI=1S/C21H35N3O3/c1-3-22-21(23-12-4-14-26-16-18-6-7-18)24-13-5-15-27-17-19-8-10-20(25-2)11-9-19/h8-11,18H,3-7,12-17H2,1-2H3,(H2,22,23,24). The Bertz CT molecular complexity index is 530. The van der Waals surface area contributed by atoms with Crippen molar-refractivity contribution in [1.29, 1.82) is 0 Å². The zero-order chi connectivity index (χ0) is 19.2. The zero-order valence-corrected chi connectivity index (χ0v) is 16.8. The van der Waals surface area contributed by atoms with Gasteiger partial charge in [-0.1, -0.05) is 12.1 Å². The maximum absolute atomic E-state index is 5.72. The highest BCUT2D eigenvalue weighted by Gasteiger charge is 2.20. The maximum atomic E-state index is 5.72. The molecule has 0 atom stereocenters. The molecular formula is C21H35N3O3. The van der Waals surface area contributed by atoms with Crippen LogP contribution in [0, 0.1) is 5.92 Å². The third kappa shape index (κ3) is 10.2. The predicted octanol–water partition coefficient (Wildman–Crippen LogP) is 2.97. The number of nitrogens with one attached hydrogen (secondary N) is 2. The molecule has 2 rings (SSSR count). The first kappa shape index (κ1) is 21.5. The van der Waals surface area contributed by atoms with Crippen LogP contribution in [0.4, 0.5) is 0 Å². The quantitative estimate of drug-likeness (QED) is 0.296. The van der Waals surface area contributed by atoms with Crippen molar-refractivity contribution in [3.8, 4) is 5.75 Å². The van der Waals surface area contributed by atoms with Crippen molar-refractivity contribution in [2.24, 2.45) is 10.9 Å². The minimum Gasteiger partial charge on any atom is -0.497 e. The van der Waals surface area contributed by atoms with E-state index in [2.05, 4.69) is 22.5 Å². The SMILES string of the molecule is CCNC(=NCCCOCc1ccc(OC)cc1)NCCCOCC1CC1. The number of aliphatic imine (C=N–C) groups is 1. The molecule has 0 amide bonds. The van der Waals surface area contributed by atoms with E-state index in [9.17, 15) is 0 Å². The van der Waals surface area contributed by atoms with Gasteiger partial charge in [0, 0.05) is 39.5 Å². The lowest BCUT2D eigenvalue weighted by Gasteiger charge is -2.11. The molecule has 0 aliphatic heterocycles. The molecule has 0 aromatic heterocycles. The Labute approximate surface area is 163 Å². The van der Waals surface area contributed by atoms with Gasteiger partial charge < -0.3 is 24.8 Å². The monoisotopic (exact) mass is 377 g/mol. The normalized spacial score (nSPS) is 14.2. The van der Waals surface area contributed by atoms with E-state index < -0.39 is 0 Å². The van der Waals surface area contributed by atoms with Gasteiger partial charge in [0.05, 0.1) is 13.7 Å². The lowest BCUT2D eigenvalue weighted by molar-refractivity contribution is 0.120. The van der Waals surface area contributed by atoms with E-state index in [4.69, 9.17) is 14.2 Å². The van der Waals surface area contributed by atoms with Crippen LogP contribution in [-0.4, -0.2) is 52.5 Å². The molecule has 0 unspecified atom stereocenters. The van der Waals surface area contributed by atoms with Gasteiger partial charge in [-0.15, -0.1) is 0 Å². The van der Waals surface area contributed by atoms with Gasteiger partial charge in [-0.25, -0.2) is 0 Å². The second kappa shape index (κ2) is 13.4. The molecule has 1 fully saturated rings. The Morgan fingerprint density at radius 2 is 1.85 bits per heavy atom. The Hall–Kier alpha value is -1.79. The van der Waals surface area contributed by atoms with Crippen LogP contribution in [0.25, 0.3) is 0 Å². The molecule has 0 bridgehead atoms. The summed E-state index contributed by atoms with van der Waals surface area (Å²) in [6.07, 6.45) is 4.60. The van der Waals surface area contributed by atoms with Gasteiger partial charge in [0.2, 0.25) is 0 Å². The van der Waals surface area contributed by atoms with Crippen molar-refractivity contribution in [3.63, 3.8) is 0 Å². The third-order valence-corrected chi connectivity index (χ3v) is 4.30. The highest BCUT2D eigenvalue weighted by molar-refractivity contribution is 5.79. The molecule has 0 heterocycles. The number of methoxy groups -OCH3 is 1. The van der Waals surface area contributed by atoms with Crippen molar-refractivity contribution in [3.05, 3.63) is 29.8 Å². The Balaban J connectivity index is 1.51. The molecule has 6 heteroatoms. The van der Waals surface area contributed by atoms with Gasteiger partial charge >= 0.3 is 0 Å². The van der Waals surface area contributed by atoms with Crippen LogP contribution in [0.15, 0.2) is 29.3 Å². The highest BCUT2D eigenvalue weighted by Crippen LogP contribution is 2.28. The fourth-order valence-corrected chi connectivity index (χ4v) is 2.53. The number of rotatable bonds is 14. The second-order valence-corrected chi connectivity index (χ2v) is 6.81. The summed E-state index contributed by atoms with van der Waals surface area (Å²) in [5.41, 5.74) is 1.15. The van der Waals surface area contributed by atoms with Gasteiger partial charge in [0.25, 0.3) is 0 Å². The van der Waals surface area contributed by atoms with Crippen molar-refractivity contribution >= 4 is 5.96 Å². The smallest absolute Gasteiger partial charge is 0.191 e. The molecule has 1 aromatic carbocycles. The first-order valence-electron chi connectivity index (χ1n) is 10.1. The molecule has 27 heavy (non-hydrogen) atoms. The number of hydrogen-bond donors (Lipinski definition) is 2. The van der Waals surface area contributed by atoms with Crippen LogP contribution in [0.2, 0.25) is 0 Å². The van der Waals surface area contributed by atoms with Crippen molar-refractivity contribution in [2.75, 3.05) is 46.6 Å². The maximum Gasteiger partial charge on any atom is 0.191 e.